The molecule has 0 bridgehead atoms. The Morgan fingerprint density at radius 2 is 0.733 bits per heavy atom. The van der Waals surface area contributed by atoms with Gasteiger partial charge in [0.1, 0.15) is 0 Å². The second-order valence-corrected chi connectivity index (χ2v) is 3.55. The maximum absolute atomic E-state index is 2.24. The molecule has 1 heteroatoms. The van der Waals surface area contributed by atoms with Gasteiger partial charge < -0.3 is 0 Å². The number of benzene rings is 3. The zero-order chi connectivity index (χ0) is 9.38. The Labute approximate surface area is 117 Å². The van der Waals surface area contributed by atoms with Crippen LogP contribution in [0.25, 0.3) is 21.5 Å². The summed E-state index contributed by atoms with van der Waals surface area (Å²) in [5, 5.41) is 5.25. The predicted molar refractivity (Wildman–Crippen MR) is 61.5 cm³/mol. The number of rotatable bonds is 0. The normalized spacial score (nSPS) is 10.1. The van der Waals surface area contributed by atoms with Gasteiger partial charge in [-0.2, -0.15) is 0 Å². The van der Waals surface area contributed by atoms with E-state index in [9.17, 15) is 0 Å². The van der Waals surface area contributed by atoms with Crippen LogP contribution in [0, 0.1) is 35.6 Å². The second-order valence-electron chi connectivity index (χ2n) is 3.55. The summed E-state index contributed by atoms with van der Waals surface area (Å²) in [4.78, 5) is 0. The molecule has 69 valence electrons. The number of fused-ring (bicyclic) bond motifs is 2. The summed E-state index contributed by atoms with van der Waals surface area (Å²) in [7, 11) is 0. The Morgan fingerprint density at radius 3 is 1.00 bits per heavy atom. The molecule has 0 unspecified atom stereocenters. The third-order valence-corrected chi connectivity index (χ3v) is 2.61. The number of hydrogen-bond acceptors (Lipinski definition) is 0. The van der Waals surface area contributed by atoms with Crippen LogP contribution in [-0.2, 0) is 0 Å². The number of hydrogen-bond donors (Lipinski definition) is 0. The van der Waals surface area contributed by atoms with E-state index in [2.05, 4.69) is 60.7 Å². The van der Waals surface area contributed by atoms with Crippen molar-refractivity contribution in [3.63, 3.8) is 0 Å². The van der Waals surface area contributed by atoms with E-state index in [1.54, 1.807) is 0 Å². The van der Waals surface area contributed by atoms with Gasteiger partial charge in [-0.05, 0) is 33.7 Å². The molecule has 3 aromatic carbocycles. The molecule has 0 saturated carbocycles. The molecule has 0 amide bonds. The van der Waals surface area contributed by atoms with E-state index >= 15 is 0 Å². The van der Waals surface area contributed by atoms with Crippen LogP contribution in [-0.4, -0.2) is 0 Å². The van der Waals surface area contributed by atoms with Crippen molar-refractivity contribution in [3.8, 4) is 0 Å². The topological polar surface area (TPSA) is 0 Å². The molecule has 0 aromatic heterocycles. The molecule has 0 atom stereocenters. The largest absolute Gasteiger partial charge is 0.0616 e. The van der Waals surface area contributed by atoms with E-state index in [1.807, 2.05) is 0 Å². The molecule has 3 aromatic rings. The summed E-state index contributed by atoms with van der Waals surface area (Å²) in [6.45, 7) is 0. The standard InChI is InChI=1S/C14H10.La/c1-2-6-12-10-14-8-4-3-7-13(14)9-11(12)5-1;/h1-10H;. The summed E-state index contributed by atoms with van der Waals surface area (Å²) in [6, 6.07) is 21.4. The van der Waals surface area contributed by atoms with E-state index in [0.717, 1.165) is 0 Å². The molecule has 15 heavy (non-hydrogen) atoms. The van der Waals surface area contributed by atoms with Crippen molar-refractivity contribution in [2.24, 2.45) is 0 Å². The van der Waals surface area contributed by atoms with Crippen LogP contribution in [0.4, 0.5) is 0 Å². The average molecular weight is 317 g/mol. The first-order valence-electron chi connectivity index (χ1n) is 4.81. The zero-order valence-corrected chi connectivity index (χ0v) is 12.0. The first-order chi connectivity index (χ1) is 6.93. The van der Waals surface area contributed by atoms with Crippen LogP contribution >= 0.6 is 0 Å². The smallest absolute Gasteiger partial charge is 0 e. The van der Waals surface area contributed by atoms with E-state index < -0.39 is 0 Å². The van der Waals surface area contributed by atoms with E-state index in [-0.39, 0.29) is 35.6 Å². The van der Waals surface area contributed by atoms with Gasteiger partial charge in [-0.15, -0.1) is 0 Å². The van der Waals surface area contributed by atoms with Gasteiger partial charge in [-0.3, -0.25) is 0 Å². The summed E-state index contributed by atoms with van der Waals surface area (Å²) < 4.78 is 0. The maximum Gasteiger partial charge on any atom is 0 e. The minimum atomic E-state index is 0. The van der Waals surface area contributed by atoms with E-state index in [1.165, 1.54) is 21.5 Å². The molecule has 0 spiro atoms. The Balaban J connectivity index is 0.000000853. The molecule has 0 heterocycles. The summed E-state index contributed by atoms with van der Waals surface area (Å²) >= 11 is 0. The minimum absolute atomic E-state index is 0. The average Bonchev–Trinajstić information content (AvgIpc) is 2.26. The van der Waals surface area contributed by atoms with Crippen molar-refractivity contribution in [2.75, 3.05) is 0 Å². The predicted octanol–water partition coefficient (Wildman–Crippen LogP) is 3.99. The molecule has 0 aliphatic carbocycles. The monoisotopic (exact) mass is 317 g/mol. The van der Waals surface area contributed by atoms with Gasteiger partial charge in [0, 0.05) is 35.6 Å². The van der Waals surface area contributed by atoms with Crippen LogP contribution in [0.3, 0.4) is 0 Å². The first kappa shape index (κ1) is 10.9. The van der Waals surface area contributed by atoms with Crippen LogP contribution in [0.1, 0.15) is 0 Å². The van der Waals surface area contributed by atoms with Crippen LogP contribution in [0.15, 0.2) is 60.7 Å². The van der Waals surface area contributed by atoms with Gasteiger partial charge in [-0.1, -0.05) is 48.5 Å². The fourth-order valence-corrected chi connectivity index (χ4v) is 1.88. The van der Waals surface area contributed by atoms with Crippen LogP contribution < -0.4 is 0 Å². The molecule has 0 fully saturated rings. The van der Waals surface area contributed by atoms with Gasteiger partial charge in [0.15, 0.2) is 0 Å². The third kappa shape index (κ3) is 2.01. The molecule has 0 aliphatic heterocycles. The van der Waals surface area contributed by atoms with Crippen molar-refractivity contribution in [2.45, 2.75) is 0 Å². The fourth-order valence-electron chi connectivity index (χ4n) is 1.88. The van der Waals surface area contributed by atoms with Crippen molar-refractivity contribution in [1.29, 1.82) is 0 Å². The molecule has 0 saturated heterocycles. The summed E-state index contributed by atoms with van der Waals surface area (Å²) in [5.41, 5.74) is 0. The quantitative estimate of drug-likeness (QED) is 0.550. The molecular formula is C14H10La. The molecular weight excluding hydrogens is 307 g/mol. The van der Waals surface area contributed by atoms with Gasteiger partial charge in [-0.25, -0.2) is 0 Å². The molecule has 1 radical (unpaired) electrons. The van der Waals surface area contributed by atoms with E-state index in [4.69, 9.17) is 0 Å². The second kappa shape index (κ2) is 4.48. The van der Waals surface area contributed by atoms with Gasteiger partial charge in [0.25, 0.3) is 0 Å². The van der Waals surface area contributed by atoms with Gasteiger partial charge in [0.2, 0.25) is 0 Å². The fraction of sp³-hybridized carbons (Fsp3) is 0. The Kier molecular flexibility index (Phi) is 3.25. The van der Waals surface area contributed by atoms with E-state index in [0.29, 0.717) is 0 Å². The molecule has 0 nitrogen and oxygen atoms in total. The summed E-state index contributed by atoms with van der Waals surface area (Å²) in [6.07, 6.45) is 0. The Bertz CT molecular complexity index is 494. The molecule has 0 N–H and O–H groups in total. The van der Waals surface area contributed by atoms with Crippen LogP contribution in [0.5, 0.6) is 0 Å². The zero-order valence-electron chi connectivity index (χ0n) is 8.35. The van der Waals surface area contributed by atoms with Crippen molar-refractivity contribution in [1.82, 2.24) is 0 Å². The molecule has 3 rings (SSSR count). The van der Waals surface area contributed by atoms with Crippen molar-refractivity contribution in [3.05, 3.63) is 60.7 Å². The summed E-state index contributed by atoms with van der Waals surface area (Å²) in [5.74, 6) is 0. The minimum Gasteiger partial charge on any atom is -0.0616 e. The SMILES string of the molecule is [La].c1ccc2cc3ccccc3cc2c1. The van der Waals surface area contributed by atoms with Crippen molar-refractivity contribution < 1.29 is 35.6 Å². The third-order valence-electron chi connectivity index (χ3n) is 2.61. The first-order valence-corrected chi connectivity index (χ1v) is 4.81. The molecule has 0 aliphatic rings. The van der Waals surface area contributed by atoms with Crippen molar-refractivity contribution >= 4 is 21.5 Å². The van der Waals surface area contributed by atoms with Gasteiger partial charge in [0.05, 0.1) is 0 Å². The van der Waals surface area contributed by atoms with Crippen LogP contribution in [0.2, 0.25) is 0 Å². The Hall–Kier alpha value is -0.625. The maximum atomic E-state index is 2.24. The van der Waals surface area contributed by atoms with Gasteiger partial charge >= 0.3 is 0 Å². The Morgan fingerprint density at radius 1 is 0.467 bits per heavy atom.